The van der Waals surface area contributed by atoms with Crippen LogP contribution in [0, 0.1) is 0 Å². The van der Waals surface area contributed by atoms with E-state index in [4.69, 9.17) is 4.74 Å². The highest BCUT2D eigenvalue weighted by atomic mass is 16.5. The van der Waals surface area contributed by atoms with Gasteiger partial charge in [-0.15, -0.1) is 0 Å². The SMILES string of the molecule is Cn1c(=O)n(-c2ccc(C(=O)NC3COC3)cc2)c2ccccc21. The van der Waals surface area contributed by atoms with Crippen LogP contribution in [-0.4, -0.2) is 34.3 Å². The zero-order valence-corrected chi connectivity index (χ0v) is 13.2. The molecule has 1 aliphatic rings. The number of aromatic nitrogens is 2. The van der Waals surface area contributed by atoms with Crippen molar-refractivity contribution in [3.8, 4) is 5.69 Å². The van der Waals surface area contributed by atoms with Crippen molar-refractivity contribution in [2.24, 2.45) is 7.05 Å². The number of rotatable bonds is 3. The van der Waals surface area contributed by atoms with Crippen LogP contribution in [0.3, 0.4) is 0 Å². The van der Waals surface area contributed by atoms with Gasteiger partial charge in [-0.05, 0) is 36.4 Å². The van der Waals surface area contributed by atoms with E-state index in [-0.39, 0.29) is 17.6 Å². The predicted molar refractivity (Wildman–Crippen MR) is 90.6 cm³/mol. The van der Waals surface area contributed by atoms with Crippen LogP contribution < -0.4 is 11.0 Å². The molecule has 6 nitrogen and oxygen atoms in total. The molecule has 1 N–H and O–H groups in total. The lowest BCUT2D eigenvalue weighted by molar-refractivity contribution is -0.00346. The summed E-state index contributed by atoms with van der Waals surface area (Å²) in [5.41, 5.74) is 2.91. The number of carbonyl (C=O) groups is 1. The van der Waals surface area contributed by atoms with Crippen molar-refractivity contribution in [3.63, 3.8) is 0 Å². The predicted octanol–water partition coefficient (Wildman–Crippen LogP) is 1.46. The molecule has 0 unspecified atom stereocenters. The molecule has 1 fully saturated rings. The van der Waals surface area contributed by atoms with E-state index in [9.17, 15) is 9.59 Å². The minimum Gasteiger partial charge on any atom is -0.377 e. The third kappa shape index (κ3) is 2.32. The summed E-state index contributed by atoms with van der Waals surface area (Å²) in [6, 6.07) is 14.8. The zero-order chi connectivity index (χ0) is 16.7. The largest absolute Gasteiger partial charge is 0.377 e. The molecule has 0 bridgehead atoms. The van der Waals surface area contributed by atoms with Gasteiger partial charge in [0.2, 0.25) is 0 Å². The topological polar surface area (TPSA) is 65.3 Å². The number of aryl methyl sites for hydroxylation is 1. The highest BCUT2D eigenvalue weighted by Gasteiger charge is 2.21. The summed E-state index contributed by atoms with van der Waals surface area (Å²) in [4.78, 5) is 24.7. The molecule has 0 aliphatic carbocycles. The van der Waals surface area contributed by atoms with Crippen LogP contribution >= 0.6 is 0 Å². The summed E-state index contributed by atoms with van der Waals surface area (Å²) in [5.74, 6) is -0.125. The van der Waals surface area contributed by atoms with E-state index in [1.165, 1.54) is 0 Å². The molecule has 1 aliphatic heterocycles. The second-order valence-corrected chi connectivity index (χ2v) is 5.92. The average Bonchev–Trinajstić information content (AvgIpc) is 2.83. The number of nitrogens with zero attached hydrogens (tertiary/aromatic N) is 2. The van der Waals surface area contributed by atoms with E-state index >= 15 is 0 Å². The first-order chi connectivity index (χ1) is 11.6. The molecule has 24 heavy (non-hydrogen) atoms. The number of fused-ring (bicyclic) bond motifs is 1. The maximum atomic E-state index is 12.5. The molecule has 2 heterocycles. The van der Waals surface area contributed by atoms with Crippen LogP contribution in [0.2, 0.25) is 0 Å². The van der Waals surface area contributed by atoms with Crippen molar-refractivity contribution >= 4 is 16.9 Å². The number of hydrogen-bond donors (Lipinski definition) is 1. The van der Waals surface area contributed by atoms with Crippen LogP contribution in [0.25, 0.3) is 16.7 Å². The van der Waals surface area contributed by atoms with E-state index in [0.717, 1.165) is 16.7 Å². The lowest BCUT2D eigenvalue weighted by atomic mass is 10.1. The van der Waals surface area contributed by atoms with Crippen LogP contribution in [0.1, 0.15) is 10.4 Å². The maximum absolute atomic E-state index is 12.5. The van der Waals surface area contributed by atoms with Gasteiger partial charge in [-0.1, -0.05) is 12.1 Å². The summed E-state index contributed by atoms with van der Waals surface area (Å²) in [6.07, 6.45) is 0. The minimum atomic E-state index is -0.125. The number of benzene rings is 2. The van der Waals surface area contributed by atoms with E-state index < -0.39 is 0 Å². The van der Waals surface area contributed by atoms with Gasteiger partial charge < -0.3 is 10.1 Å². The summed E-state index contributed by atoms with van der Waals surface area (Å²) in [6.45, 7) is 1.13. The lowest BCUT2D eigenvalue weighted by Crippen LogP contribution is -2.48. The molecular formula is C18H17N3O3. The third-order valence-electron chi connectivity index (χ3n) is 4.32. The minimum absolute atomic E-state index is 0.0952. The molecule has 1 amide bonds. The van der Waals surface area contributed by atoms with Crippen LogP contribution in [-0.2, 0) is 11.8 Å². The van der Waals surface area contributed by atoms with Gasteiger partial charge in [0.1, 0.15) is 0 Å². The second-order valence-electron chi connectivity index (χ2n) is 5.92. The van der Waals surface area contributed by atoms with Crippen molar-refractivity contribution in [1.82, 2.24) is 14.5 Å². The Morgan fingerprint density at radius 1 is 1.08 bits per heavy atom. The quantitative estimate of drug-likeness (QED) is 0.793. The Bertz CT molecular complexity index is 965. The van der Waals surface area contributed by atoms with Crippen molar-refractivity contribution in [3.05, 3.63) is 64.6 Å². The Kier molecular flexibility index (Phi) is 3.46. The number of amides is 1. The van der Waals surface area contributed by atoms with Gasteiger partial charge in [0.25, 0.3) is 5.91 Å². The molecule has 0 spiro atoms. The maximum Gasteiger partial charge on any atom is 0.333 e. The summed E-state index contributed by atoms with van der Waals surface area (Å²) in [5, 5.41) is 2.90. The molecule has 0 saturated carbocycles. The summed E-state index contributed by atoms with van der Waals surface area (Å²) < 4.78 is 8.32. The standard InChI is InChI=1S/C18H17N3O3/c1-20-15-4-2-3-5-16(15)21(18(20)23)14-8-6-12(7-9-14)17(22)19-13-10-24-11-13/h2-9,13H,10-11H2,1H3,(H,19,22). The highest BCUT2D eigenvalue weighted by Crippen LogP contribution is 2.17. The molecule has 2 aromatic carbocycles. The number of nitrogens with one attached hydrogen (secondary N) is 1. The van der Waals surface area contributed by atoms with Crippen molar-refractivity contribution in [2.75, 3.05) is 13.2 Å². The fourth-order valence-electron chi connectivity index (χ4n) is 2.89. The molecule has 6 heteroatoms. The monoisotopic (exact) mass is 323 g/mol. The second kappa shape index (κ2) is 5.65. The smallest absolute Gasteiger partial charge is 0.333 e. The third-order valence-corrected chi connectivity index (χ3v) is 4.32. The lowest BCUT2D eigenvalue weighted by Gasteiger charge is -2.26. The fourth-order valence-corrected chi connectivity index (χ4v) is 2.89. The molecule has 122 valence electrons. The fraction of sp³-hybridized carbons (Fsp3) is 0.222. The van der Waals surface area contributed by atoms with Crippen molar-refractivity contribution in [2.45, 2.75) is 6.04 Å². The Labute approximate surface area is 138 Å². The van der Waals surface area contributed by atoms with Crippen LogP contribution in [0.5, 0.6) is 0 Å². The number of para-hydroxylation sites is 2. The summed E-state index contributed by atoms with van der Waals surface area (Å²) >= 11 is 0. The van der Waals surface area contributed by atoms with Gasteiger partial charge in [-0.3, -0.25) is 13.9 Å². The Morgan fingerprint density at radius 2 is 1.75 bits per heavy atom. The van der Waals surface area contributed by atoms with Gasteiger partial charge in [0, 0.05) is 12.6 Å². The molecule has 1 aromatic heterocycles. The van der Waals surface area contributed by atoms with E-state index in [1.54, 1.807) is 40.4 Å². The first-order valence-corrected chi connectivity index (χ1v) is 7.80. The summed E-state index contributed by atoms with van der Waals surface area (Å²) in [7, 11) is 1.75. The Hall–Kier alpha value is -2.86. The number of imidazole rings is 1. The first kappa shape index (κ1) is 14.7. The highest BCUT2D eigenvalue weighted by molar-refractivity contribution is 5.94. The van der Waals surface area contributed by atoms with Gasteiger partial charge in [-0.25, -0.2) is 4.79 Å². The van der Waals surface area contributed by atoms with Gasteiger partial charge in [0.05, 0.1) is 36.0 Å². The molecule has 3 aromatic rings. The average molecular weight is 323 g/mol. The molecule has 1 saturated heterocycles. The zero-order valence-electron chi connectivity index (χ0n) is 13.2. The Balaban J connectivity index is 1.69. The van der Waals surface area contributed by atoms with E-state index in [2.05, 4.69) is 5.32 Å². The Morgan fingerprint density at radius 3 is 2.38 bits per heavy atom. The van der Waals surface area contributed by atoms with Gasteiger partial charge in [0.15, 0.2) is 0 Å². The molecule has 4 rings (SSSR count). The molecule has 0 radical (unpaired) electrons. The van der Waals surface area contributed by atoms with E-state index in [1.807, 2.05) is 24.3 Å². The molecular weight excluding hydrogens is 306 g/mol. The normalized spacial score (nSPS) is 14.5. The van der Waals surface area contributed by atoms with E-state index in [0.29, 0.717) is 18.8 Å². The first-order valence-electron chi connectivity index (χ1n) is 7.80. The number of hydrogen-bond acceptors (Lipinski definition) is 3. The molecule has 0 atom stereocenters. The van der Waals surface area contributed by atoms with Crippen LogP contribution in [0.4, 0.5) is 0 Å². The van der Waals surface area contributed by atoms with Crippen LogP contribution in [0.15, 0.2) is 53.3 Å². The van der Waals surface area contributed by atoms with Gasteiger partial charge in [-0.2, -0.15) is 0 Å². The number of ether oxygens (including phenoxy) is 1. The van der Waals surface area contributed by atoms with Gasteiger partial charge >= 0.3 is 5.69 Å². The van der Waals surface area contributed by atoms with Crippen molar-refractivity contribution in [1.29, 1.82) is 0 Å². The number of carbonyl (C=O) groups excluding carboxylic acids is 1. The van der Waals surface area contributed by atoms with Crippen molar-refractivity contribution < 1.29 is 9.53 Å².